The standard InChI is InChI=1S/2C3H3N3O3.Cu.2H3N/c2*7-1-4-2(8)6-3(9)5-1;;;/h2*(H3,4,5,6,7,8,9);;2*1H3/q;;+2;;/p-2. The Morgan fingerprint density at radius 3 is 0.857 bits per heavy atom. The molecule has 0 aliphatic heterocycles. The van der Waals surface area contributed by atoms with Crippen molar-refractivity contribution in [3.63, 3.8) is 0 Å². The van der Waals surface area contributed by atoms with Crippen molar-refractivity contribution in [2.45, 2.75) is 0 Å². The monoisotopic (exact) mass is 353 g/mol. The van der Waals surface area contributed by atoms with Gasteiger partial charge in [0.25, 0.3) is 0 Å². The van der Waals surface area contributed by atoms with E-state index in [1.807, 2.05) is 0 Å². The van der Waals surface area contributed by atoms with E-state index in [1.54, 1.807) is 19.9 Å². The zero-order valence-corrected chi connectivity index (χ0v) is 11.0. The second-order valence-corrected chi connectivity index (χ2v) is 2.60. The minimum absolute atomic E-state index is 0. The molecular weight excluding hydrogens is 344 g/mol. The summed E-state index contributed by atoms with van der Waals surface area (Å²) in [6.45, 7) is 0. The number of rotatable bonds is 0. The molecule has 121 valence electrons. The van der Waals surface area contributed by atoms with Gasteiger partial charge in [0.2, 0.25) is 34.1 Å². The third kappa shape index (κ3) is 8.89. The number of nitrogens with one attached hydrogen (secondary N) is 4. The van der Waals surface area contributed by atoms with Gasteiger partial charge in [-0.05, 0) is 0 Å². The maximum absolute atomic E-state index is 10.2. The van der Waals surface area contributed by atoms with E-state index in [0.29, 0.717) is 0 Å². The second-order valence-electron chi connectivity index (χ2n) is 2.60. The van der Waals surface area contributed by atoms with Crippen LogP contribution in [0.1, 0.15) is 0 Å². The molecule has 1 radical (unpaired) electrons. The van der Waals surface area contributed by atoms with Gasteiger partial charge in [-0.25, -0.2) is 0 Å². The van der Waals surface area contributed by atoms with Gasteiger partial charge in [-0.15, -0.1) is 0 Å². The molecule has 0 aromatic carbocycles. The largest absolute Gasteiger partial charge is 2.00 e. The molecule has 2 heterocycles. The van der Waals surface area contributed by atoms with Crippen molar-refractivity contribution < 1.29 is 17.1 Å². The van der Waals surface area contributed by atoms with Crippen LogP contribution < -0.4 is 56.4 Å². The number of nitrogens with zero attached hydrogens (tertiary/aromatic N) is 2. The van der Waals surface area contributed by atoms with Crippen LogP contribution in [0.15, 0.2) is 28.8 Å². The van der Waals surface area contributed by atoms with Gasteiger partial charge in [0.15, 0.2) is 0 Å². The normalized spacial score (nSPS) is 8.00. The van der Waals surface area contributed by atoms with E-state index in [-0.39, 0.29) is 29.4 Å². The molecule has 21 heavy (non-hydrogen) atoms. The van der Waals surface area contributed by atoms with Crippen molar-refractivity contribution in [3.05, 3.63) is 62.9 Å². The van der Waals surface area contributed by atoms with Crippen molar-refractivity contribution in [3.8, 4) is 0 Å². The summed E-state index contributed by atoms with van der Waals surface area (Å²) in [6.07, 6.45) is 0. The van der Waals surface area contributed by atoms with E-state index in [2.05, 4.69) is 9.97 Å². The maximum Gasteiger partial charge on any atom is 2.00 e. The molecule has 0 saturated carbocycles. The van der Waals surface area contributed by atoms with Crippen LogP contribution in [0.2, 0.25) is 0 Å². The first-order valence-electron chi connectivity index (χ1n) is 4.12. The molecule has 2 rings (SSSR count). The smallest absolute Gasteiger partial charge is 0.346 e. The Bertz CT molecular complexity index is 636. The topological polar surface area (TPSA) is 264 Å². The number of aromatic nitrogens is 6. The summed E-state index contributed by atoms with van der Waals surface area (Å²) in [5, 5.41) is 0. The van der Waals surface area contributed by atoms with E-state index < -0.39 is 34.1 Å². The quantitative estimate of drug-likeness (QED) is 0.245. The molecule has 0 aliphatic carbocycles. The molecule has 15 heteroatoms. The van der Waals surface area contributed by atoms with E-state index >= 15 is 0 Å². The van der Waals surface area contributed by atoms with Crippen LogP contribution in [0, 0.1) is 0 Å². The predicted molar refractivity (Wildman–Crippen MR) is 64.6 cm³/mol. The van der Waals surface area contributed by atoms with Crippen LogP contribution in [0.5, 0.6) is 0 Å². The fourth-order valence-electron chi connectivity index (χ4n) is 0.747. The summed E-state index contributed by atoms with van der Waals surface area (Å²) >= 11 is 0. The van der Waals surface area contributed by atoms with Gasteiger partial charge in [0.1, 0.15) is 0 Å². The SMILES string of the molecule is N.N.O=c1[n-]c(=O)[nH]c(=O)[nH]1.O=c1[n-]c(=O)[nH]c(=O)[nH]1.[Cu+2]. The zero-order chi connectivity index (χ0) is 13.7. The molecule has 0 bridgehead atoms. The number of H-pyrrole nitrogens is 4. The van der Waals surface area contributed by atoms with Crippen molar-refractivity contribution in [2.75, 3.05) is 0 Å². The van der Waals surface area contributed by atoms with E-state index in [9.17, 15) is 28.8 Å². The summed E-state index contributed by atoms with van der Waals surface area (Å²) in [4.78, 5) is 73.4. The van der Waals surface area contributed by atoms with E-state index in [4.69, 9.17) is 0 Å². The third-order valence-electron chi connectivity index (χ3n) is 1.29. The molecule has 0 fully saturated rings. The molecule has 2 aromatic heterocycles. The average Bonchev–Trinajstić information content (AvgIpc) is 2.12. The van der Waals surface area contributed by atoms with Crippen molar-refractivity contribution in [1.82, 2.24) is 42.2 Å². The molecule has 0 atom stereocenters. The van der Waals surface area contributed by atoms with Gasteiger partial charge in [-0.3, -0.25) is 38.7 Å². The number of hydrogen-bond acceptors (Lipinski definition) is 8. The minimum atomic E-state index is -0.927. The molecular formula is C6H10CuN8O6. The van der Waals surface area contributed by atoms with Crippen LogP contribution >= 0.6 is 0 Å². The molecule has 0 aliphatic rings. The van der Waals surface area contributed by atoms with Crippen molar-refractivity contribution >= 4 is 0 Å². The summed E-state index contributed by atoms with van der Waals surface area (Å²) in [6, 6.07) is 0. The first kappa shape index (κ1) is 23.4. The number of hydrogen-bond donors (Lipinski definition) is 6. The first-order valence-corrected chi connectivity index (χ1v) is 4.12. The Labute approximate surface area is 123 Å². The van der Waals surface area contributed by atoms with Gasteiger partial charge < -0.3 is 32.2 Å². The molecule has 14 nitrogen and oxygen atoms in total. The fourth-order valence-corrected chi connectivity index (χ4v) is 0.747. The Hall–Kier alpha value is -2.74. The number of aromatic amines is 4. The van der Waals surface area contributed by atoms with Gasteiger partial charge >= 0.3 is 17.1 Å². The van der Waals surface area contributed by atoms with Crippen LogP contribution in [0.3, 0.4) is 0 Å². The fraction of sp³-hybridized carbons (Fsp3) is 0. The van der Waals surface area contributed by atoms with Crippen LogP contribution in [-0.2, 0) is 17.1 Å². The van der Waals surface area contributed by atoms with Crippen LogP contribution in [0.25, 0.3) is 0 Å². The predicted octanol–water partition coefficient (Wildman–Crippen LogP) is -4.92. The molecule has 0 saturated heterocycles. The third-order valence-corrected chi connectivity index (χ3v) is 1.29. The van der Waals surface area contributed by atoms with Gasteiger partial charge in [0.05, 0.1) is 0 Å². The zero-order valence-electron chi connectivity index (χ0n) is 10.1. The van der Waals surface area contributed by atoms with Crippen LogP contribution in [0.4, 0.5) is 0 Å². The summed E-state index contributed by atoms with van der Waals surface area (Å²) in [5.41, 5.74) is -5.38. The minimum Gasteiger partial charge on any atom is -0.346 e. The summed E-state index contributed by atoms with van der Waals surface area (Å²) in [5.74, 6) is 0. The summed E-state index contributed by atoms with van der Waals surface area (Å²) < 4.78 is 0. The van der Waals surface area contributed by atoms with Gasteiger partial charge in [-0.1, -0.05) is 0 Å². The van der Waals surface area contributed by atoms with E-state index in [0.717, 1.165) is 0 Å². The van der Waals surface area contributed by atoms with Gasteiger partial charge in [0, 0.05) is 0 Å². The van der Waals surface area contributed by atoms with Gasteiger partial charge in [-0.2, -0.15) is 0 Å². The molecule has 0 unspecified atom stereocenters. The Morgan fingerprint density at radius 1 is 0.524 bits per heavy atom. The second kappa shape index (κ2) is 10.1. The first-order chi connectivity index (χ1) is 8.36. The molecule has 10 N–H and O–H groups in total. The molecule has 2 aromatic rings. The van der Waals surface area contributed by atoms with Crippen molar-refractivity contribution in [1.29, 1.82) is 0 Å². The molecule has 0 amide bonds. The average molecular weight is 354 g/mol. The summed E-state index contributed by atoms with van der Waals surface area (Å²) in [7, 11) is 0. The Kier molecular flexibility index (Phi) is 11.2. The van der Waals surface area contributed by atoms with Crippen LogP contribution in [-0.4, -0.2) is 19.9 Å². The maximum atomic E-state index is 10.2. The van der Waals surface area contributed by atoms with Crippen molar-refractivity contribution in [2.24, 2.45) is 0 Å². The van der Waals surface area contributed by atoms with E-state index in [1.165, 1.54) is 0 Å². The Balaban J connectivity index is -0.000000270. The Morgan fingerprint density at radius 2 is 0.714 bits per heavy atom. The molecule has 0 spiro atoms.